The summed E-state index contributed by atoms with van der Waals surface area (Å²) in [6, 6.07) is 8.56. The average molecular weight is 509 g/mol. The lowest BCUT2D eigenvalue weighted by molar-refractivity contribution is 0.0635. The largest absolute Gasteiger partial charge is 0.367 e. The smallest absolute Gasteiger partial charge is 0.247 e. The average Bonchev–Trinajstić information content (AvgIpc) is 3.49. The van der Waals surface area contributed by atoms with Crippen molar-refractivity contribution in [3.8, 4) is 12.1 Å². The van der Waals surface area contributed by atoms with E-state index in [1.807, 2.05) is 0 Å². The quantitative estimate of drug-likeness (QED) is 0.482. The highest BCUT2D eigenvalue weighted by molar-refractivity contribution is 6.36. The molecular weight excluding hydrogens is 487 g/mol. The van der Waals surface area contributed by atoms with Crippen molar-refractivity contribution < 1.29 is 0 Å². The van der Waals surface area contributed by atoms with Crippen LogP contribution in [-0.2, 0) is 0 Å². The van der Waals surface area contributed by atoms with Crippen molar-refractivity contribution in [2.75, 3.05) is 41.7 Å². The van der Waals surface area contributed by atoms with Gasteiger partial charge in [0.05, 0.1) is 39.1 Å². The maximum atomic E-state index is 9.64. The van der Waals surface area contributed by atoms with Gasteiger partial charge in [0.2, 0.25) is 5.95 Å². The summed E-state index contributed by atoms with van der Waals surface area (Å²) >= 11 is 13.2. The molecule has 2 saturated heterocycles. The fourth-order valence-electron chi connectivity index (χ4n) is 4.59. The van der Waals surface area contributed by atoms with E-state index in [0.717, 1.165) is 44.7 Å². The number of fused-ring (bicyclic) bond motifs is 1. The standard InChI is InChI=1S/C23H22Cl2N10/c1-23(25)11-34(12-23)16-9-33(10-16)18-5-13(6-26)4-17(19(18)24)30-22-31-20(29-14-2-3-14)21-28-8-15(7-27)35(21)32-22/h4-5,8,14,16H,2-3,9-12H2,1H3,(H2,29,30,31,32). The maximum absolute atomic E-state index is 9.64. The monoisotopic (exact) mass is 508 g/mol. The van der Waals surface area contributed by atoms with Gasteiger partial charge in [-0.15, -0.1) is 16.7 Å². The molecular formula is C23H22Cl2N10. The molecule has 0 radical (unpaired) electrons. The van der Waals surface area contributed by atoms with Crippen molar-refractivity contribution in [1.82, 2.24) is 24.5 Å². The lowest BCUT2D eigenvalue weighted by atomic mass is 9.94. The van der Waals surface area contributed by atoms with Crippen LogP contribution >= 0.6 is 23.2 Å². The molecule has 35 heavy (non-hydrogen) atoms. The van der Waals surface area contributed by atoms with Crippen molar-refractivity contribution in [3.05, 3.63) is 34.6 Å². The highest BCUT2D eigenvalue weighted by Crippen LogP contribution is 2.40. The second kappa shape index (κ2) is 8.13. The van der Waals surface area contributed by atoms with E-state index < -0.39 is 0 Å². The molecule has 1 aliphatic carbocycles. The zero-order chi connectivity index (χ0) is 24.3. The van der Waals surface area contributed by atoms with Crippen LogP contribution in [0.2, 0.25) is 5.02 Å². The van der Waals surface area contributed by atoms with Gasteiger partial charge in [-0.05, 0) is 31.9 Å². The summed E-state index contributed by atoms with van der Waals surface area (Å²) < 4.78 is 1.46. The fourth-order valence-corrected chi connectivity index (χ4v) is 5.17. The minimum Gasteiger partial charge on any atom is -0.367 e. The van der Waals surface area contributed by atoms with Gasteiger partial charge >= 0.3 is 0 Å². The van der Waals surface area contributed by atoms with Gasteiger partial charge in [0.25, 0.3) is 0 Å². The topological polar surface area (TPSA) is 121 Å². The number of nitrogens with one attached hydrogen (secondary N) is 2. The maximum Gasteiger partial charge on any atom is 0.247 e. The number of nitriles is 2. The van der Waals surface area contributed by atoms with Crippen LogP contribution in [0.1, 0.15) is 31.0 Å². The van der Waals surface area contributed by atoms with Crippen LogP contribution in [0.4, 0.5) is 23.1 Å². The molecule has 3 fully saturated rings. The number of hydrogen-bond donors (Lipinski definition) is 2. The normalized spacial score (nSPS) is 19.5. The van der Waals surface area contributed by atoms with Crippen LogP contribution in [-0.4, -0.2) is 67.6 Å². The first-order chi connectivity index (χ1) is 16.8. The molecule has 2 N–H and O–H groups in total. The van der Waals surface area contributed by atoms with E-state index >= 15 is 0 Å². The van der Waals surface area contributed by atoms with Gasteiger partial charge in [0.15, 0.2) is 17.2 Å². The molecule has 6 rings (SSSR count). The minimum atomic E-state index is -0.134. The van der Waals surface area contributed by atoms with Crippen LogP contribution in [0.3, 0.4) is 0 Å². The van der Waals surface area contributed by atoms with E-state index in [9.17, 15) is 10.5 Å². The van der Waals surface area contributed by atoms with E-state index in [1.165, 1.54) is 10.7 Å². The Kier molecular flexibility index (Phi) is 5.15. The Morgan fingerprint density at radius 3 is 2.60 bits per heavy atom. The van der Waals surface area contributed by atoms with Gasteiger partial charge in [0.1, 0.15) is 6.07 Å². The van der Waals surface area contributed by atoms with Crippen molar-refractivity contribution >= 4 is 52.0 Å². The van der Waals surface area contributed by atoms with Crippen LogP contribution in [0.5, 0.6) is 0 Å². The van der Waals surface area contributed by atoms with Crippen molar-refractivity contribution in [1.29, 1.82) is 10.5 Å². The third kappa shape index (κ3) is 4.08. The molecule has 3 aliphatic rings. The molecule has 0 bridgehead atoms. The Labute approximate surface area is 212 Å². The molecule has 10 nitrogen and oxygen atoms in total. The molecule has 0 atom stereocenters. The Hall–Kier alpha value is -3.31. The molecule has 0 spiro atoms. The number of imidazole rings is 1. The summed E-state index contributed by atoms with van der Waals surface area (Å²) in [5.74, 6) is 0.798. The van der Waals surface area contributed by atoms with Gasteiger partial charge in [-0.2, -0.15) is 20.0 Å². The highest BCUT2D eigenvalue weighted by atomic mass is 35.5. The van der Waals surface area contributed by atoms with Crippen molar-refractivity contribution in [3.63, 3.8) is 0 Å². The molecule has 2 aromatic heterocycles. The van der Waals surface area contributed by atoms with Crippen LogP contribution in [0.15, 0.2) is 18.3 Å². The first-order valence-electron chi connectivity index (χ1n) is 11.4. The van der Waals surface area contributed by atoms with Gasteiger partial charge in [-0.3, -0.25) is 4.90 Å². The predicted molar refractivity (Wildman–Crippen MR) is 133 cm³/mol. The first-order valence-corrected chi connectivity index (χ1v) is 12.2. The Balaban J connectivity index is 1.29. The molecule has 178 valence electrons. The van der Waals surface area contributed by atoms with Gasteiger partial charge in [0, 0.05) is 38.3 Å². The predicted octanol–water partition coefficient (Wildman–Crippen LogP) is 3.34. The Morgan fingerprint density at radius 1 is 1.17 bits per heavy atom. The summed E-state index contributed by atoms with van der Waals surface area (Å²) in [6.07, 6.45) is 3.59. The fraction of sp³-hybridized carbons (Fsp3) is 0.435. The van der Waals surface area contributed by atoms with Crippen molar-refractivity contribution in [2.24, 2.45) is 0 Å². The molecule has 4 heterocycles. The van der Waals surface area contributed by atoms with Crippen LogP contribution < -0.4 is 15.5 Å². The first kappa shape index (κ1) is 22.2. The van der Waals surface area contributed by atoms with Crippen LogP contribution in [0, 0.1) is 22.7 Å². The third-order valence-electron chi connectivity index (χ3n) is 6.61. The minimum absolute atomic E-state index is 0.134. The summed E-state index contributed by atoms with van der Waals surface area (Å²) in [4.78, 5) is 13.3. The summed E-state index contributed by atoms with van der Waals surface area (Å²) in [5, 5.41) is 30.6. The number of hydrogen-bond acceptors (Lipinski definition) is 9. The second-order valence-electron chi connectivity index (χ2n) is 9.66. The molecule has 0 unspecified atom stereocenters. The summed E-state index contributed by atoms with van der Waals surface area (Å²) in [7, 11) is 0. The number of rotatable bonds is 6. The zero-order valence-electron chi connectivity index (χ0n) is 19.0. The summed E-state index contributed by atoms with van der Waals surface area (Å²) in [6.45, 7) is 5.45. The summed E-state index contributed by atoms with van der Waals surface area (Å²) in [5.41, 5.74) is 2.58. The molecule has 0 amide bonds. The number of alkyl halides is 1. The van der Waals surface area contributed by atoms with Gasteiger partial charge < -0.3 is 15.5 Å². The van der Waals surface area contributed by atoms with E-state index in [-0.39, 0.29) is 10.8 Å². The number of aromatic nitrogens is 4. The second-order valence-corrected chi connectivity index (χ2v) is 11.0. The van der Waals surface area contributed by atoms with E-state index in [0.29, 0.717) is 45.5 Å². The third-order valence-corrected chi connectivity index (χ3v) is 7.25. The lowest BCUT2D eigenvalue weighted by Crippen LogP contribution is -2.69. The molecule has 1 aromatic carbocycles. The lowest BCUT2D eigenvalue weighted by Gasteiger charge is -2.54. The highest BCUT2D eigenvalue weighted by Gasteiger charge is 2.44. The van der Waals surface area contributed by atoms with Crippen LogP contribution in [0.25, 0.3) is 5.65 Å². The number of anilines is 4. The number of halogens is 2. The van der Waals surface area contributed by atoms with Gasteiger partial charge in [-0.25, -0.2) is 4.98 Å². The molecule has 1 saturated carbocycles. The SMILES string of the molecule is CC1(Cl)CN(C2CN(c3cc(C#N)cc(Nc4nc(NC5CC5)c5ncc(C#N)n5n4)c3Cl)C2)C1. The molecule has 3 aromatic rings. The Morgan fingerprint density at radius 2 is 1.94 bits per heavy atom. The van der Waals surface area contributed by atoms with Gasteiger partial charge in [-0.1, -0.05) is 11.6 Å². The van der Waals surface area contributed by atoms with Crippen molar-refractivity contribution in [2.45, 2.75) is 36.7 Å². The molecule has 12 heteroatoms. The zero-order valence-corrected chi connectivity index (χ0v) is 20.5. The van der Waals surface area contributed by atoms with E-state index in [2.05, 4.69) is 54.6 Å². The Bertz CT molecular complexity index is 1400. The van der Waals surface area contributed by atoms with E-state index in [1.54, 1.807) is 12.1 Å². The van der Waals surface area contributed by atoms with E-state index in [4.69, 9.17) is 23.2 Å². The molecule has 2 aliphatic heterocycles. The number of likely N-dealkylation sites (tertiary alicyclic amines) is 1. The number of nitrogens with zero attached hydrogens (tertiary/aromatic N) is 8. The number of benzene rings is 1.